The van der Waals surface area contributed by atoms with Crippen LogP contribution in [0.4, 0.5) is 9.57 Å². The molecule has 106 valence electrons. The Bertz CT molecular complexity index is 590. The van der Waals surface area contributed by atoms with Crippen molar-refractivity contribution >= 4 is 21.8 Å². The number of amides is 1. The van der Waals surface area contributed by atoms with Gasteiger partial charge in [0.1, 0.15) is 10.6 Å². The fraction of sp³-hybridized carbons (Fsp3) is 0.417. The third-order valence-electron chi connectivity index (χ3n) is 2.38. The van der Waals surface area contributed by atoms with Crippen LogP contribution in [-0.4, -0.2) is 21.4 Å². The third kappa shape index (κ3) is 3.92. The van der Waals surface area contributed by atoms with E-state index in [9.17, 15) is 17.1 Å². The first-order chi connectivity index (χ1) is 8.55. The molecule has 0 fully saturated rings. The Morgan fingerprint density at radius 3 is 2.32 bits per heavy atom. The predicted octanol–water partition coefficient (Wildman–Crippen LogP) is 2.34. The second-order valence-corrected chi connectivity index (χ2v) is 6.32. The van der Waals surface area contributed by atoms with Crippen LogP contribution >= 0.6 is 0 Å². The lowest BCUT2D eigenvalue weighted by Crippen LogP contribution is -2.28. The smallest absolute Gasteiger partial charge is 0.334 e. The maximum absolute atomic E-state index is 13.1. The number of rotatable bonds is 3. The van der Waals surface area contributed by atoms with Crippen molar-refractivity contribution in [1.29, 1.82) is 0 Å². The fourth-order valence-electron chi connectivity index (χ4n) is 1.26. The highest BCUT2D eigenvalue weighted by Gasteiger charge is 2.25. The van der Waals surface area contributed by atoms with Crippen molar-refractivity contribution in [3.8, 4) is 5.75 Å². The van der Waals surface area contributed by atoms with E-state index in [2.05, 4.69) is 5.32 Å². The Morgan fingerprint density at radius 2 is 1.89 bits per heavy atom. The molecule has 0 saturated heterocycles. The minimum absolute atomic E-state index is 0.137. The Morgan fingerprint density at radius 1 is 1.32 bits per heavy atom. The molecule has 0 aliphatic heterocycles. The molecule has 1 N–H and O–H groups in total. The van der Waals surface area contributed by atoms with Crippen molar-refractivity contribution in [3.05, 3.63) is 18.2 Å². The van der Waals surface area contributed by atoms with E-state index in [0.717, 1.165) is 6.07 Å². The van der Waals surface area contributed by atoms with Gasteiger partial charge in [0.25, 0.3) is 0 Å². The van der Waals surface area contributed by atoms with E-state index >= 15 is 0 Å². The van der Waals surface area contributed by atoms with Crippen LogP contribution in [0.1, 0.15) is 20.8 Å². The molecule has 1 rings (SSSR count). The molecule has 19 heavy (non-hydrogen) atoms. The normalized spacial score (nSPS) is 12.1. The molecule has 0 saturated carbocycles. The van der Waals surface area contributed by atoms with Gasteiger partial charge in [-0.05, 0) is 12.1 Å². The molecule has 0 radical (unpaired) electrons. The van der Waals surface area contributed by atoms with Gasteiger partial charge in [-0.1, -0.05) is 20.8 Å². The molecule has 0 spiro atoms. The molecule has 0 atom stereocenters. The Labute approximate surface area is 112 Å². The minimum atomic E-state index is -4.92. The highest BCUT2D eigenvalue weighted by molar-refractivity contribution is 7.86. The summed E-state index contributed by atoms with van der Waals surface area (Å²) in [4.78, 5) is 11.3. The Hall–Kier alpha value is -1.63. The van der Waals surface area contributed by atoms with Crippen LogP contribution < -0.4 is 10.1 Å². The van der Waals surface area contributed by atoms with Gasteiger partial charge >= 0.3 is 10.2 Å². The number of methoxy groups -OCH3 is 1. The SMILES string of the molecule is COc1ccc(S(=O)(=O)F)c(NC(=O)C(C)(C)C)c1. The van der Waals surface area contributed by atoms with Crippen LogP contribution in [0.2, 0.25) is 0 Å². The van der Waals surface area contributed by atoms with Crippen molar-refractivity contribution in [2.24, 2.45) is 5.41 Å². The van der Waals surface area contributed by atoms with Crippen LogP contribution in [0.3, 0.4) is 0 Å². The first kappa shape index (κ1) is 15.4. The van der Waals surface area contributed by atoms with Crippen LogP contribution in [0.15, 0.2) is 23.1 Å². The summed E-state index contributed by atoms with van der Waals surface area (Å²) in [5.41, 5.74) is -0.873. The maximum Gasteiger partial charge on any atom is 0.334 e. The summed E-state index contributed by atoms with van der Waals surface area (Å²) < 4.78 is 40.1. The zero-order valence-corrected chi connectivity index (χ0v) is 12.0. The molecule has 1 aromatic rings. The van der Waals surface area contributed by atoms with E-state index in [1.807, 2.05) is 0 Å². The van der Waals surface area contributed by atoms with Gasteiger partial charge in [0.05, 0.1) is 12.8 Å². The largest absolute Gasteiger partial charge is 0.497 e. The number of hydrogen-bond acceptors (Lipinski definition) is 4. The topological polar surface area (TPSA) is 72.5 Å². The average Bonchev–Trinajstić information content (AvgIpc) is 2.26. The molecule has 5 nitrogen and oxygen atoms in total. The molecule has 0 bridgehead atoms. The second kappa shape index (κ2) is 5.16. The van der Waals surface area contributed by atoms with Gasteiger partial charge in [-0.25, -0.2) is 0 Å². The van der Waals surface area contributed by atoms with Gasteiger partial charge in [-0.2, -0.15) is 8.42 Å². The molecule has 1 aromatic carbocycles. The number of anilines is 1. The molecule has 0 aromatic heterocycles. The summed E-state index contributed by atoms with van der Waals surface area (Å²) in [6, 6.07) is 3.61. The summed E-state index contributed by atoms with van der Waals surface area (Å²) in [5, 5.41) is 2.39. The molecule has 1 amide bonds. The monoisotopic (exact) mass is 289 g/mol. The molecule has 0 unspecified atom stereocenters. The Balaban J connectivity index is 3.27. The predicted molar refractivity (Wildman–Crippen MR) is 69.4 cm³/mol. The van der Waals surface area contributed by atoms with E-state index in [4.69, 9.17) is 4.74 Å². The summed E-state index contributed by atoms with van der Waals surface area (Å²) in [6.07, 6.45) is 0. The van der Waals surface area contributed by atoms with Crippen LogP contribution in [-0.2, 0) is 15.0 Å². The highest BCUT2D eigenvalue weighted by Crippen LogP contribution is 2.29. The molecule has 7 heteroatoms. The van der Waals surface area contributed by atoms with Crippen molar-refractivity contribution in [2.45, 2.75) is 25.7 Å². The summed E-state index contributed by atoms with van der Waals surface area (Å²) in [5.74, 6) is -0.109. The standard InChI is InChI=1S/C12H16FNO4S/c1-12(2,3)11(15)14-9-7-8(18-4)5-6-10(9)19(13,16)17/h5-7H,1-4H3,(H,14,15). The number of halogens is 1. The minimum Gasteiger partial charge on any atom is -0.497 e. The molecular weight excluding hydrogens is 273 g/mol. The molecule has 0 heterocycles. The Kier molecular flexibility index (Phi) is 4.19. The second-order valence-electron chi connectivity index (χ2n) is 5.00. The summed E-state index contributed by atoms with van der Waals surface area (Å²) in [6.45, 7) is 4.98. The number of benzene rings is 1. The quantitative estimate of drug-likeness (QED) is 0.867. The third-order valence-corrected chi connectivity index (χ3v) is 3.26. The van der Waals surface area contributed by atoms with E-state index in [1.165, 1.54) is 19.2 Å². The zero-order valence-electron chi connectivity index (χ0n) is 11.2. The number of carbonyl (C=O) groups is 1. The molecular formula is C12H16FNO4S. The van der Waals surface area contributed by atoms with E-state index in [1.54, 1.807) is 20.8 Å². The van der Waals surface area contributed by atoms with Gasteiger partial charge in [-0.15, -0.1) is 3.89 Å². The average molecular weight is 289 g/mol. The van der Waals surface area contributed by atoms with Crippen molar-refractivity contribution in [2.75, 3.05) is 12.4 Å². The molecule has 0 aliphatic rings. The first-order valence-corrected chi connectivity index (χ1v) is 6.88. The zero-order chi connectivity index (χ0) is 14.8. The van der Waals surface area contributed by atoms with Crippen LogP contribution in [0.25, 0.3) is 0 Å². The lowest BCUT2D eigenvalue weighted by atomic mass is 9.95. The van der Waals surface area contributed by atoms with E-state index in [0.29, 0.717) is 5.75 Å². The van der Waals surface area contributed by atoms with Gasteiger partial charge in [-0.3, -0.25) is 4.79 Å². The number of carbonyl (C=O) groups excluding carboxylic acids is 1. The highest BCUT2D eigenvalue weighted by atomic mass is 32.3. The van der Waals surface area contributed by atoms with Crippen molar-refractivity contribution in [1.82, 2.24) is 0 Å². The number of hydrogen-bond donors (Lipinski definition) is 1. The lowest BCUT2D eigenvalue weighted by molar-refractivity contribution is -0.123. The van der Waals surface area contributed by atoms with Crippen molar-refractivity contribution < 1.29 is 21.8 Å². The van der Waals surface area contributed by atoms with Crippen molar-refractivity contribution in [3.63, 3.8) is 0 Å². The van der Waals surface area contributed by atoms with Gasteiger partial charge in [0.2, 0.25) is 5.91 Å². The van der Waals surface area contributed by atoms with Gasteiger partial charge < -0.3 is 10.1 Å². The van der Waals surface area contributed by atoms with Gasteiger partial charge in [0.15, 0.2) is 0 Å². The van der Waals surface area contributed by atoms with E-state index in [-0.39, 0.29) is 5.69 Å². The number of ether oxygens (including phenoxy) is 1. The maximum atomic E-state index is 13.1. The van der Waals surface area contributed by atoms with Gasteiger partial charge in [0, 0.05) is 11.5 Å². The first-order valence-electron chi connectivity index (χ1n) is 5.50. The lowest BCUT2D eigenvalue weighted by Gasteiger charge is -2.19. The van der Waals surface area contributed by atoms with E-state index < -0.39 is 26.4 Å². The van der Waals surface area contributed by atoms with Crippen LogP contribution in [0, 0.1) is 5.41 Å². The fourth-order valence-corrected chi connectivity index (χ4v) is 1.86. The van der Waals surface area contributed by atoms with Crippen LogP contribution in [0.5, 0.6) is 5.75 Å². The number of nitrogens with one attached hydrogen (secondary N) is 1. The summed E-state index contributed by atoms with van der Waals surface area (Å²) >= 11 is 0. The molecule has 0 aliphatic carbocycles. The summed E-state index contributed by atoms with van der Waals surface area (Å²) in [7, 11) is -3.54.